The number of urea groups is 1. The number of hydrogen-bond donors (Lipinski definition) is 2. The van der Waals surface area contributed by atoms with Crippen molar-refractivity contribution in [2.24, 2.45) is 0 Å². The molecule has 130 valence electrons. The molecule has 0 bridgehead atoms. The van der Waals surface area contributed by atoms with Gasteiger partial charge < -0.3 is 15.2 Å². The monoisotopic (exact) mass is 417 g/mol. The number of anilines is 1. The Balaban J connectivity index is 1.81. The number of rotatable bonds is 4. The molecule has 1 atom stereocenters. The molecular formula is C19H20BrN3OS. The van der Waals surface area contributed by atoms with Crippen molar-refractivity contribution in [3.05, 3.63) is 69.3 Å². The molecular weight excluding hydrogens is 398 g/mol. The molecule has 2 amide bonds. The van der Waals surface area contributed by atoms with Crippen LogP contribution < -0.4 is 10.6 Å². The minimum Gasteiger partial charge on any atom is -0.331 e. The molecule has 0 aliphatic rings. The lowest BCUT2D eigenvalue weighted by Gasteiger charge is -2.18. The van der Waals surface area contributed by atoms with E-state index >= 15 is 0 Å². The molecule has 3 aromatic rings. The number of halogens is 1. The fourth-order valence-electron chi connectivity index (χ4n) is 2.79. The second-order valence-corrected chi connectivity index (χ2v) is 7.95. The fraction of sp³-hybridized carbons (Fsp3) is 0.211. The van der Waals surface area contributed by atoms with Gasteiger partial charge in [-0.1, -0.05) is 12.1 Å². The van der Waals surface area contributed by atoms with Crippen molar-refractivity contribution in [3.8, 4) is 5.00 Å². The maximum absolute atomic E-state index is 12.4. The summed E-state index contributed by atoms with van der Waals surface area (Å²) in [4.78, 5) is 13.7. The molecule has 1 aromatic carbocycles. The standard InChI is InChI=1S/C19H20BrN3OS/c1-12-14(3)25-18(23-10-6-7-11-23)17(12)13(2)21-19(24)22-16-9-5-4-8-15(16)20/h4-11,13H,1-3H3,(H2,21,22,24)/t13-/m1/s1. The molecule has 3 rings (SSSR count). The summed E-state index contributed by atoms with van der Waals surface area (Å²) in [7, 11) is 0. The van der Waals surface area contributed by atoms with Crippen LogP contribution in [0.4, 0.5) is 10.5 Å². The first-order valence-corrected chi connectivity index (χ1v) is 9.63. The summed E-state index contributed by atoms with van der Waals surface area (Å²) in [6.45, 7) is 6.24. The van der Waals surface area contributed by atoms with Gasteiger partial charge in [0.15, 0.2) is 0 Å². The van der Waals surface area contributed by atoms with E-state index in [0.29, 0.717) is 0 Å². The van der Waals surface area contributed by atoms with Crippen LogP contribution in [-0.4, -0.2) is 10.6 Å². The number of aryl methyl sites for hydroxylation is 1. The van der Waals surface area contributed by atoms with Crippen LogP contribution in [0, 0.1) is 13.8 Å². The number of nitrogens with zero attached hydrogens (tertiary/aromatic N) is 1. The van der Waals surface area contributed by atoms with E-state index in [2.05, 4.69) is 45.0 Å². The van der Waals surface area contributed by atoms with Crippen LogP contribution in [0.1, 0.15) is 29.0 Å². The Morgan fingerprint density at radius 2 is 1.84 bits per heavy atom. The molecule has 0 aliphatic carbocycles. The van der Waals surface area contributed by atoms with Crippen LogP contribution in [0.25, 0.3) is 5.00 Å². The molecule has 0 aliphatic heterocycles. The lowest BCUT2D eigenvalue weighted by molar-refractivity contribution is 0.249. The van der Waals surface area contributed by atoms with E-state index in [1.165, 1.54) is 10.4 Å². The number of thiophene rings is 1. The molecule has 0 unspecified atom stereocenters. The Bertz CT molecular complexity index is 886. The summed E-state index contributed by atoms with van der Waals surface area (Å²) in [6, 6.07) is 11.2. The molecule has 2 N–H and O–H groups in total. The van der Waals surface area contributed by atoms with Crippen molar-refractivity contribution in [3.63, 3.8) is 0 Å². The van der Waals surface area contributed by atoms with Crippen molar-refractivity contribution in [2.45, 2.75) is 26.8 Å². The van der Waals surface area contributed by atoms with Gasteiger partial charge in [-0.25, -0.2) is 4.79 Å². The van der Waals surface area contributed by atoms with E-state index in [0.717, 1.165) is 20.7 Å². The van der Waals surface area contributed by atoms with Crippen LogP contribution in [-0.2, 0) is 0 Å². The number of carbonyl (C=O) groups is 1. The van der Waals surface area contributed by atoms with Crippen LogP contribution in [0.15, 0.2) is 53.3 Å². The Morgan fingerprint density at radius 3 is 2.52 bits per heavy atom. The number of amides is 2. The number of para-hydroxylation sites is 1. The maximum atomic E-state index is 12.4. The number of hydrogen-bond acceptors (Lipinski definition) is 2. The topological polar surface area (TPSA) is 46.1 Å². The summed E-state index contributed by atoms with van der Waals surface area (Å²) in [6.07, 6.45) is 4.06. The lowest BCUT2D eigenvalue weighted by Crippen LogP contribution is -2.31. The third kappa shape index (κ3) is 3.80. The molecule has 0 saturated carbocycles. The second-order valence-electron chi connectivity index (χ2n) is 5.89. The van der Waals surface area contributed by atoms with Gasteiger partial charge in [0.05, 0.1) is 11.7 Å². The number of benzene rings is 1. The van der Waals surface area contributed by atoms with Crippen molar-refractivity contribution >= 4 is 39.0 Å². The van der Waals surface area contributed by atoms with E-state index in [1.54, 1.807) is 11.3 Å². The largest absolute Gasteiger partial charge is 0.331 e. The van der Waals surface area contributed by atoms with Crippen LogP contribution in [0.2, 0.25) is 0 Å². The normalized spacial score (nSPS) is 12.0. The van der Waals surface area contributed by atoms with Crippen molar-refractivity contribution in [1.82, 2.24) is 9.88 Å². The minimum absolute atomic E-state index is 0.107. The van der Waals surface area contributed by atoms with Crippen molar-refractivity contribution in [1.29, 1.82) is 0 Å². The highest BCUT2D eigenvalue weighted by molar-refractivity contribution is 9.10. The summed E-state index contributed by atoms with van der Waals surface area (Å²) >= 11 is 5.19. The molecule has 0 radical (unpaired) electrons. The van der Waals surface area contributed by atoms with Gasteiger partial charge in [-0.05, 0) is 66.5 Å². The zero-order valence-corrected chi connectivity index (χ0v) is 16.7. The average Bonchev–Trinajstić information content (AvgIpc) is 3.18. The van der Waals surface area contributed by atoms with Crippen molar-refractivity contribution < 1.29 is 4.79 Å². The zero-order chi connectivity index (χ0) is 18.0. The molecule has 0 spiro atoms. The molecule has 0 fully saturated rings. The number of aromatic nitrogens is 1. The first-order valence-electron chi connectivity index (χ1n) is 8.02. The Morgan fingerprint density at radius 1 is 1.16 bits per heavy atom. The van der Waals surface area contributed by atoms with Gasteiger partial charge in [-0.3, -0.25) is 0 Å². The highest BCUT2D eigenvalue weighted by Gasteiger charge is 2.21. The first kappa shape index (κ1) is 17.8. The third-order valence-electron chi connectivity index (χ3n) is 4.15. The highest BCUT2D eigenvalue weighted by Crippen LogP contribution is 2.35. The quantitative estimate of drug-likeness (QED) is 0.553. The van der Waals surface area contributed by atoms with Gasteiger partial charge in [-0.2, -0.15) is 0 Å². The predicted molar refractivity (Wildman–Crippen MR) is 108 cm³/mol. The van der Waals surface area contributed by atoms with Crippen LogP contribution in [0.5, 0.6) is 0 Å². The van der Waals surface area contributed by atoms with Crippen LogP contribution in [0.3, 0.4) is 0 Å². The van der Waals surface area contributed by atoms with Gasteiger partial charge in [-0.15, -0.1) is 11.3 Å². The Kier molecular flexibility index (Phi) is 5.30. The Labute approximate surface area is 160 Å². The number of carbonyl (C=O) groups excluding carboxylic acids is 1. The van der Waals surface area contributed by atoms with Gasteiger partial charge in [0.2, 0.25) is 0 Å². The smallest absolute Gasteiger partial charge is 0.319 e. The van der Waals surface area contributed by atoms with Crippen LogP contribution >= 0.6 is 27.3 Å². The van der Waals surface area contributed by atoms with E-state index in [1.807, 2.05) is 55.7 Å². The van der Waals surface area contributed by atoms with E-state index in [9.17, 15) is 4.79 Å². The summed E-state index contributed by atoms with van der Waals surface area (Å²) in [5.41, 5.74) is 3.12. The average molecular weight is 418 g/mol. The molecule has 2 heterocycles. The van der Waals surface area contributed by atoms with Crippen molar-refractivity contribution in [2.75, 3.05) is 5.32 Å². The molecule has 25 heavy (non-hydrogen) atoms. The van der Waals surface area contributed by atoms with Gasteiger partial charge in [0, 0.05) is 27.3 Å². The van der Waals surface area contributed by atoms with E-state index in [-0.39, 0.29) is 12.1 Å². The molecule has 2 aromatic heterocycles. The predicted octanol–water partition coefficient (Wildman–Crippen LogP) is 5.80. The maximum Gasteiger partial charge on any atom is 0.319 e. The number of nitrogens with one attached hydrogen (secondary N) is 2. The second kappa shape index (κ2) is 7.45. The van der Waals surface area contributed by atoms with Gasteiger partial charge in [0.1, 0.15) is 5.00 Å². The van der Waals surface area contributed by atoms with E-state index < -0.39 is 0 Å². The molecule has 4 nitrogen and oxygen atoms in total. The molecule has 0 saturated heterocycles. The SMILES string of the molecule is Cc1sc(-n2cccc2)c([C@@H](C)NC(=O)Nc2ccccc2Br)c1C. The minimum atomic E-state index is -0.221. The first-order chi connectivity index (χ1) is 12.0. The lowest BCUT2D eigenvalue weighted by atomic mass is 10.1. The third-order valence-corrected chi connectivity index (χ3v) is 6.08. The summed E-state index contributed by atoms with van der Waals surface area (Å²) < 4.78 is 2.96. The molecule has 6 heteroatoms. The van der Waals surface area contributed by atoms with Gasteiger partial charge >= 0.3 is 6.03 Å². The summed E-state index contributed by atoms with van der Waals surface area (Å²) in [5.74, 6) is 0. The van der Waals surface area contributed by atoms with Gasteiger partial charge in [0.25, 0.3) is 0 Å². The Hall–Kier alpha value is -2.05. The highest BCUT2D eigenvalue weighted by atomic mass is 79.9. The summed E-state index contributed by atoms with van der Waals surface area (Å²) in [5, 5.41) is 7.09. The zero-order valence-electron chi connectivity index (χ0n) is 14.3. The fourth-order valence-corrected chi connectivity index (χ4v) is 4.39. The van der Waals surface area contributed by atoms with E-state index in [4.69, 9.17) is 0 Å².